The molecule has 0 aromatic rings. The van der Waals surface area contributed by atoms with E-state index in [9.17, 15) is 9.90 Å². The third-order valence-electron chi connectivity index (χ3n) is 9.41. The molecule has 1 saturated heterocycles. The SMILES string of the molecule is CCCOC(=O)CCCCCC[C@@H]1[C@@H](/C=C/[C@@H](O)CCC[C@@H](C)O[Si](C)(C)C(C)(C)C)[C@H](OC2CCCCO2)C[C@H]1Cl. The van der Waals surface area contributed by atoms with E-state index in [-0.39, 0.29) is 40.8 Å². The van der Waals surface area contributed by atoms with Crippen LogP contribution in [0.5, 0.6) is 0 Å². The third kappa shape index (κ3) is 13.7. The van der Waals surface area contributed by atoms with Crippen molar-refractivity contribution < 1.29 is 28.5 Å². The molecule has 1 heterocycles. The van der Waals surface area contributed by atoms with Gasteiger partial charge in [0, 0.05) is 30.4 Å². The number of aliphatic hydroxyl groups excluding tert-OH is 1. The topological polar surface area (TPSA) is 74.2 Å². The summed E-state index contributed by atoms with van der Waals surface area (Å²) in [6.45, 7) is 16.9. The molecule has 0 spiro atoms. The lowest BCUT2D eigenvalue weighted by Crippen LogP contribution is -2.43. The van der Waals surface area contributed by atoms with E-state index in [0.29, 0.717) is 18.9 Å². The molecule has 1 saturated carbocycles. The third-order valence-corrected chi connectivity index (χ3v) is 14.5. The van der Waals surface area contributed by atoms with Crippen LogP contribution in [0.4, 0.5) is 0 Å². The summed E-state index contributed by atoms with van der Waals surface area (Å²) in [6, 6.07) is 0. The van der Waals surface area contributed by atoms with Crippen molar-refractivity contribution in [1.29, 1.82) is 0 Å². The maximum Gasteiger partial charge on any atom is 0.305 e. The largest absolute Gasteiger partial charge is 0.466 e. The van der Waals surface area contributed by atoms with Crippen LogP contribution in [0, 0.1) is 11.8 Å². The maximum absolute atomic E-state index is 11.7. The molecule has 0 aromatic heterocycles. The van der Waals surface area contributed by atoms with Crippen LogP contribution >= 0.6 is 11.6 Å². The number of esters is 1. The highest BCUT2D eigenvalue weighted by atomic mass is 35.5. The first-order chi connectivity index (χ1) is 19.8. The first-order valence-corrected chi connectivity index (χ1v) is 20.3. The lowest BCUT2D eigenvalue weighted by molar-refractivity contribution is -0.192. The number of carbonyl (C=O) groups excluding carboxylic acids is 1. The van der Waals surface area contributed by atoms with Gasteiger partial charge in [-0.3, -0.25) is 4.79 Å². The van der Waals surface area contributed by atoms with E-state index in [1.54, 1.807) is 0 Å². The first kappa shape index (κ1) is 37.7. The van der Waals surface area contributed by atoms with Gasteiger partial charge in [0.05, 0.1) is 18.8 Å². The van der Waals surface area contributed by atoms with Crippen LogP contribution in [0.3, 0.4) is 0 Å². The Balaban J connectivity index is 1.87. The normalized spacial score (nSPS) is 26.9. The molecule has 0 bridgehead atoms. The van der Waals surface area contributed by atoms with E-state index in [4.69, 9.17) is 30.2 Å². The monoisotopic (exact) mass is 630 g/mol. The molecule has 2 rings (SSSR count). The van der Waals surface area contributed by atoms with E-state index in [1.807, 2.05) is 13.0 Å². The standard InChI is InChI=1S/C34H63ClO6Si/c1-8-23-38-32(37)19-12-10-9-11-18-28-29(31(25-30(28)35)40-33-20-13-14-24-39-33)22-21-27(36)17-15-16-26(2)41-42(6,7)34(3,4)5/h21-22,26-31,33,36H,8-20,23-25H2,1-7H3/b22-21+/t26-,27+,28-,29-,30-,31-,33?/m1/s1. The molecule has 42 heavy (non-hydrogen) atoms. The van der Waals surface area contributed by atoms with Crippen molar-refractivity contribution in [3.05, 3.63) is 12.2 Å². The summed E-state index contributed by atoms with van der Waals surface area (Å²) < 4.78 is 24.1. The van der Waals surface area contributed by atoms with Crippen LogP contribution in [-0.4, -0.2) is 62.6 Å². The Hall–Kier alpha value is -0.443. The Morgan fingerprint density at radius 3 is 2.52 bits per heavy atom. The van der Waals surface area contributed by atoms with Crippen molar-refractivity contribution >= 4 is 25.9 Å². The molecule has 1 unspecified atom stereocenters. The van der Waals surface area contributed by atoms with Crippen LogP contribution < -0.4 is 0 Å². The van der Waals surface area contributed by atoms with Gasteiger partial charge in [-0.05, 0) is 95.2 Å². The highest BCUT2D eigenvalue weighted by Crippen LogP contribution is 2.43. The zero-order valence-corrected chi connectivity index (χ0v) is 29.6. The van der Waals surface area contributed by atoms with Gasteiger partial charge >= 0.3 is 5.97 Å². The minimum Gasteiger partial charge on any atom is -0.466 e. The fourth-order valence-corrected chi connectivity index (χ4v) is 7.81. The van der Waals surface area contributed by atoms with Crippen molar-refractivity contribution in [2.24, 2.45) is 11.8 Å². The summed E-state index contributed by atoms with van der Waals surface area (Å²) >= 11 is 6.94. The van der Waals surface area contributed by atoms with E-state index in [0.717, 1.165) is 90.1 Å². The van der Waals surface area contributed by atoms with Crippen molar-refractivity contribution in [2.45, 2.75) is 173 Å². The fraction of sp³-hybridized carbons (Fsp3) is 0.912. The summed E-state index contributed by atoms with van der Waals surface area (Å²) in [5.41, 5.74) is 0. The smallest absolute Gasteiger partial charge is 0.305 e. The first-order valence-electron chi connectivity index (χ1n) is 16.9. The number of unbranched alkanes of at least 4 members (excludes halogenated alkanes) is 3. The van der Waals surface area contributed by atoms with E-state index in [2.05, 4.69) is 46.9 Å². The Morgan fingerprint density at radius 2 is 1.86 bits per heavy atom. The molecule has 0 amide bonds. The zero-order valence-electron chi connectivity index (χ0n) is 27.9. The Kier molecular flexibility index (Phi) is 17.2. The predicted molar refractivity (Wildman–Crippen MR) is 175 cm³/mol. The van der Waals surface area contributed by atoms with Gasteiger partial charge in [-0.25, -0.2) is 0 Å². The summed E-state index contributed by atoms with van der Waals surface area (Å²) in [5, 5.41) is 11.1. The maximum atomic E-state index is 11.7. The number of alkyl halides is 1. The van der Waals surface area contributed by atoms with Crippen LogP contribution in [0.1, 0.15) is 125 Å². The molecule has 1 aliphatic carbocycles. The summed E-state index contributed by atoms with van der Waals surface area (Å²) in [5.74, 6) is 0.383. The molecule has 1 aliphatic heterocycles. The highest BCUT2D eigenvalue weighted by molar-refractivity contribution is 6.74. The van der Waals surface area contributed by atoms with Crippen molar-refractivity contribution in [3.63, 3.8) is 0 Å². The molecular formula is C34H63ClO6Si. The van der Waals surface area contributed by atoms with Gasteiger partial charge in [0.2, 0.25) is 0 Å². The zero-order chi connectivity index (χ0) is 31.2. The van der Waals surface area contributed by atoms with Crippen molar-refractivity contribution in [2.75, 3.05) is 13.2 Å². The van der Waals surface area contributed by atoms with Crippen molar-refractivity contribution in [1.82, 2.24) is 0 Å². The van der Waals surface area contributed by atoms with E-state index < -0.39 is 14.4 Å². The summed E-state index contributed by atoms with van der Waals surface area (Å²) in [4.78, 5) is 11.7. The van der Waals surface area contributed by atoms with Gasteiger partial charge < -0.3 is 23.7 Å². The molecule has 6 nitrogen and oxygen atoms in total. The number of hydrogen-bond donors (Lipinski definition) is 1. The second kappa shape index (κ2) is 19.2. The molecule has 246 valence electrons. The minimum atomic E-state index is -1.78. The average molecular weight is 631 g/mol. The molecule has 0 aromatic carbocycles. The number of hydrogen-bond acceptors (Lipinski definition) is 6. The molecule has 1 N–H and O–H groups in total. The number of aliphatic hydroxyl groups is 1. The van der Waals surface area contributed by atoms with Gasteiger partial charge in [0.25, 0.3) is 0 Å². The fourth-order valence-electron chi connectivity index (χ4n) is 5.87. The second-order valence-electron chi connectivity index (χ2n) is 14.2. The van der Waals surface area contributed by atoms with Crippen molar-refractivity contribution in [3.8, 4) is 0 Å². The lowest BCUT2D eigenvalue weighted by Gasteiger charge is -2.38. The molecule has 2 aliphatic rings. The highest BCUT2D eigenvalue weighted by Gasteiger charge is 2.42. The van der Waals surface area contributed by atoms with Crippen LogP contribution in [0.2, 0.25) is 18.1 Å². The van der Waals surface area contributed by atoms with Gasteiger partial charge in [0.1, 0.15) is 0 Å². The van der Waals surface area contributed by atoms with Gasteiger partial charge in [-0.1, -0.05) is 59.1 Å². The van der Waals surface area contributed by atoms with Gasteiger partial charge in [-0.2, -0.15) is 0 Å². The summed E-state index contributed by atoms with van der Waals surface area (Å²) in [7, 11) is -1.78. The van der Waals surface area contributed by atoms with Crippen LogP contribution in [0.25, 0.3) is 0 Å². The number of carbonyl (C=O) groups is 1. The van der Waals surface area contributed by atoms with Crippen LogP contribution in [-0.2, 0) is 23.4 Å². The quantitative estimate of drug-likeness (QED) is 0.0505. The lowest BCUT2D eigenvalue weighted by atomic mass is 9.88. The minimum absolute atomic E-state index is 0.00963. The van der Waals surface area contributed by atoms with E-state index >= 15 is 0 Å². The molecule has 8 heteroatoms. The number of ether oxygens (including phenoxy) is 3. The summed E-state index contributed by atoms with van der Waals surface area (Å²) in [6.07, 6.45) is 16.7. The molecular weight excluding hydrogens is 568 g/mol. The van der Waals surface area contributed by atoms with E-state index in [1.165, 1.54) is 0 Å². The molecule has 0 radical (unpaired) electrons. The Labute approximate surface area is 263 Å². The number of rotatable bonds is 19. The van der Waals surface area contributed by atoms with Crippen LogP contribution in [0.15, 0.2) is 12.2 Å². The van der Waals surface area contributed by atoms with Gasteiger partial charge in [0.15, 0.2) is 14.6 Å². The Bertz CT molecular complexity index is 778. The predicted octanol–water partition coefficient (Wildman–Crippen LogP) is 8.93. The number of halogens is 1. The average Bonchev–Trinajstić information content (AvgIpc) is 3.21. The molecule has 2 fully saturated rings. The van der Waals surface area contributed by atoms with Gasteiger partial charge in [-0.15, -0.1) is 11.6 Å². The Morgan fingerprint density at radius 1 is 1.12 bits per heavy atom. The second-order valence-corrected chi connectivity index (χ2v) is 19.5. The molecule has 7 atom stereocenters.